The van der Waals surface area contributed by atoms with E-state index in [0.717, 1.165) is 25.9 Å². The summed E-state index contributed by atoms with van der Waals surface area (Å²) in [6, 6.07) is 0. The Hall–Kier alpha value is -1.14. The summed E-state index contributed by atoms with van der Waals surface area (Å²) in [5.41, 5.74) is 0. The molecular formula is C42H88N2O4. The lowest BCUT2D eigenvalue weighted by molar-refractivity contribution is -0.122. The lowest BCUT2D eigenvalue weighted by Gasteiger charge is -2.21. The molecule has 0 aliphatic carbocycles. The zero-order valence-electron chi connectivity index (χ0n) is 33.0. The quantitative estimate of drug-likeness (QED) is 0.0445. The van der Waals surface area contributed by atoms with E-state index in [1.807, 2.05) is 0 Å². The molecule has 0 unspecified atom stereocenters. The largest absolute Gasteiger partial charge is 0.483 e. The molecule has 1 amide bonds. The molecule has 0 atom stereocenters. The third kappa shape index (κ3) is 54.3. The summed E-state index contributed by atoms with van der Waals surface area (Å²) in [4.78, 5) is 20.7. The monoisotopic (exact) mass is 685 g/mol. The predicted octanol–water partition coefficient (Wildman–Crippen LogP) is 12.3. The molecule has 0 fully saturated rings. The topological polar surface area (TPSA) is 89.9 Å². The minimum absolute atomic E-state index is 0.250. The van der Waals surface area contributed by atoms with Crippen LogP contribution in [0.1, 0.15) is 226 Å². The van der Waals surface area contributed by atoms with E-state index < -0.39 is 0 Å². The maximum Gasteiger partial charge on any atom is 0.290 e. The lowest BCUT2D eigenvalue weighted by atomic mass is 10.0. The fourth-order valence-electron chi connectivity index (χ4n) is 6.25. The SMILES string of the molecule is CCCCCCCCCCCCCCCCN(CCO)CCCCCCCCCCCCCC.CCCCCCCCNC=O.O=CO. The highest BCUT2D eigenvalue weighted by atomic mass is 16.3. The number of rotatable bonds is 38. The van der Waals surface area contributed by atoms with Gasteiger partial charge in [0.15, 0.2) is 0 Å². The number of carbonyl (C=O) groups is 2. The van der Waals surface area contributed by atoms with E-state index in [1.54, 1.807) is 0 Å². The van der Waals surface area contributed by atoms with Crippen molar-refractivity contribution in [3.63, 3.8) is 0 Å². The van der Waals surface area contributed by atoms with Gasteiger partial charge in [-0.05, 0) is 32.4 Å². The maximum atomic E-state index is 9.83. The molecule has 0 saturated heterocycles. The second kappa shape index (κ2) is 52.7. The average Bonchev–Trinajstić information content (AvgIpc) is 3.09. The molecule has 0 saturated carbocycles. The smallest absolute Gasteiger partial charge is 0.290 e. The minimum atomic E-state index is -0.250. The Labute approximate surface area is 301 Å². The summed E-state index contributed by atoms with van der Waals surface area (Å²) in [5.74, 6) is 0. The second-order valence-electron chi connectivity index (χ2n) is 14.0. The number of unbranched alkanes of at least 4 members (excludes halogenated alkanes) is 29. The average molecular weight is 685 g/mol. The summed E-state index contributed by atoms with van der Waals surface area (Å²) in [6.45, 7) is 11.0. The van der Waals surface area contributed by atoms with Gasteiger partial charge in [-0.3, -0.25) is 9.59 Å². The Morgan fingerprint density at radius 3 is 0.917 bits per heavy atom. The van der Waals surface area contributed by atoms with Crippen LogP contribution in [0.25, 0.3) is 0 Å². The van der Waals surface area contributed by atoms with Crippen LogP contribution in [-0.2, 0) is 9.59 Å². The highest BCUT2D eigenvalue weighted by Gasteiger charge is 2.04. The summed E-state index contributed by atoms with van der Waals surface area (Å²) in [6.07, 6.45) is 45.4. The molecule has 290 valence electrons. The van der Waals surface area contributed by atoms with Crippen LogP contribution in [0.3, 0.4) is 0 Å². The van der Waals surface area contributed by atoms with E-state index in [0.29, 0.717) is 6.61 Å². The van der Waals surface area contributed by atoms with Gasteiger partial charge in [0.2, 0.25) is 6.41 Å². The van der Waals surface area contributed by atoms with Crippen molar-refractivity contribution in [1.82, 2.24) is 10.2 Å². The highest BCUT2D eigenvalue weighted by Crippen LogP contribution is 2.14. The van der Waals surface area contributed by atoms with Gasteiger partial charge in [0.1, 0.15) is 0 Å². The molecule has 6 nitrogen and oxygen atoms in total. The normalized spacial score (nSPS) is 10.7. The first-order chi connectivity index (χ1) is 23.7. The molecule has 3 N–H and O–H groups in total. The van der Waals surface area contributed by atoms with E-state index in [4.69, 9.17) is 9.90 Å². The molecule has 48 heavy (non-hydrogen) atoms. The molecule has 0 heterocycles. The molecule has 0 aromatic rings. The van der Waals surface area contributed by atoms with Crippen LogP contribution in [0.2, 0.25) is 0 Å². The van der Waals surface area contributed by atoms with Gasteiger partial charge in [0, 0.05) is 13.1 Å². The minimum Gasteiger partial charge on any atom is -0.483 e. The van der Waals surface area contributed by atoms with Gasteiger partial charge in [0.25, 0.3) is 6.47 Å². The number of hydrogen-bond donors (Lipinski definition) is 3. The van der Waals surface area contributed by atoms with Crippen LogP contribution in [-0.4, -0.2) is 60.8 Å². The Kier molecular flexibility index (Phi) is 56.2. The third-order valence-electron chi connectivity index (χ3n) is 9.33. The van der Waals surface area contributed by atoms with Crippen molar-refractivity contribution in [3.8, 4) is 0 Å². The zero-order valence-corrected chi connectivity index (χ0v) is 33.0. The van der Waals surface area contributed by atoms with E-state index in [1.165, 1.54) is 212 Å². The Balaban J connectivity index is -0.00000120. The fraction of sp³-hybridized carbons (Fsp3) is 0.952. The number of amides is 1. The van der Waals surface area contributed by atoms with Gasteiger partial charge in [0.05, 0.1) is 6.61 Å². The van der Waals surface area contributed by atoms with E-state index in [-0.39, 0.29) is 6.47 Å². The van der Waals surface area contributed by atoms with Crippen LogP contribution < -0.4 is 5.32 Å². The van der Waals surface area contributed by atoms with Crippen LogP contribution in [0.5, 0.6) is 0 Å². The first kappa shape index (κ1) is 51.2. The standard InChI is InChI=1S/C32H67NO.C9H19NO.CH2O2/c1-3-5-7-9-11-13-15-17-18-20-22-24-26-28-30-33(31-32-34)29-27-25-23-21-19-16-14-12-10-8-6-4-2;1-2-3-4-5-6-7-8-10-9-11;2-1-3/h34H,3-32H2,1-2H3;9H,2-8H2,1H3,(H,10,11);1H,(H,2,3). The molecule has 0 radical (unpaired) electrons. The van der Waals surface area contributed by atoms with Crippen molar-refractivity contribution in [2.75, 3.05) is 32.8 Å². The molecule has 0 aromatic heterocycles. The predicted molar refractivity (Wildman–Crippen MR) is 211 cm³/mol. The first-order valence-corrected chi connectivity index (χ1v) is 21.3. The van der Waals surface area contributed by atoms with Gasteiger partial charge in [-0.1, -0.05) is 207 Å². The highest BCUT2D eigenvalue weighted by molar-refractivity contribution is 5.45. The molecule has 0 aromatic carbocycles. The number of carbonyl (C=O) groups excluding carboxylic acids is 1. The Morgan fingerprint density at radius 2 is 0.667 bits per heavy atom. The van der Waals surface area contributed by atoms with Crippen molar-refractivity contribution in [2.45, 2.75) is 226 Å². The number of nitrogens with one attached hydrogen (secondary N) is 1. The number of carboxylic acid groups (broad SMARTS) is 1. The van der Waals surface area contributed by atoms with Crippen LogP contribution in [0.4, 0.5) is 0 Å². The number of aliphatic hydroxyl groups is 1. The van der Waals surface area contributed by atoms with Gasteiger partial charge >= 0.3 is 0 Å². The van der Waals surface area contributed by atoms with Gasteiger partial charge in [-0.25, -0.2) is 0 Å². The maximum absolute atomic E-state index is 9.83. The summed E-state index contributed by atoms with van der Waals surface area (Å²) >= 11 is 0. The van der Waals surface area contributed by atoms with Gasteiger partial charge in [-0.2, -0.15) is 0 Å². The number of nitrogens with zero attached hydrogens (tertiary/aromatic N) is 1. The van der Waals surface area contributed by atoms with Crippen molar-refractivity contribution >= 4 is 12.9 Å². The first-order valence-electron chi connectivity index (χ1n) is 21.3. The van der Waals surface area contributed by atoms with E-state index in [9.17, 15) is 9.90 Å². The lowest BCUT2D eigenvalue weighted by Crippen LogP contribution is -2.29. The molecule has 0 aliphatic heterocycles. The summed E-state index contributed by atoms with van der Waals surface area (Å²) in [5, 5.41) is 18.9. The Morgan fingerprint density at radius 1 is 0.417 bits per heavy atom. The molecular weight excluding hydrogens is 596 g/mol. The van der Waals surface area contributed by atoms with Crippen molar-refractivity contribution in [3.05, 3.63) is 0 Å². The zero-order chi connectivity index (χ0) is 35.9. The van der Waals surface area contributed by atoms with Gasteiger partial charge in [-0.15, -0.1) is 0 Å². The third-order valence-corrected chi connectivity index (χ3v) is 9.33. The fourth-order valence-corrected chi connectivity index (χ4v) is 6.25. The number of hydrogen-bond acceptors (Lipinski definition) is 4. The Bertz CT molecular complexity index is 550. The van der Waals surface area contributed by atoms with Crippen LogP contribution in [0.15, 0.2) is 0 Å². The molecule has 0 rings (SSSR count). The summed E-state index contributed by atoms with van der Waals surface area (Å²) in [7, 11) is 0. The van der Waals surface area contributed by atoms with Crippen LogP contribution in [0, 0.1) is 0 Å². The molecule has 0 bridgehead atoms. The second-order valence-corrected chi connectivity index (χ2v) is 14.0. The van der Waals surface area contributed by atoms with Crippen LogP contribution >= 0.6 is 0 Å². The summed E-state index contributed by atoms with van der Waals surface area (Å²) < 4.78 is 0. The molecule has 6 heteroatoms. The van der Waals surface area contributed by atoms with E-state index in [2.05, 4.69) is 31.0 Å². The van der Waals surface area contributed by atoms with Crippen molar-refractivity contribution in [2.24, 2.45) is 0 Å². The van der Waals surface area contributed by atoms with Crippen molar-refractivity contribution < 1.29 is 19.8 Å². The molecule has 0 spiro atoms. The van der Waals surface area contributed by atoms with E-state index >= 15 is 0 Å². The van der Waals surface area contributed by atoms with Gasteiger partial charge < -0.3 is 20.4 Å². The van der Waals surface area contributed by atoms with Crippen molar-refractivity contribution in [1.29, 1.82) is 0 Å². The molecule has 0 aliphatic rings. The number of aliphatic hydroxyl groups excluding tert-OH is 1.